The number of hydrogen-bond donors (Lipinski definition) is 1. The molecule has 1 aliphatic rings. The Morgan fingerprint density at radius 1 is 0.606 bits per heavy atom. The minimum Gasteiger partial charge on any atom is -1.00 e. The molecule has 3 nitrogen and oxygen atoms in total. The minimum atomic E-state index is 0. The molecule has 0 spiro atoms. The quantitative estimate of drug-likeness (QED) is 0.416. The van der Waals surface area contributed by atoms with E-state index in [1.165, 1.54) is 55.5 Å². The van der Waals surface area contributed by atoms with Crippen LogP contribution in [-0.4, -0.2) is 28.2 Å². The highest BCUT2D eigenvalue weighted by Crippen LogP contribution is 2.27. The second-order valence-electron chi connectivity index (χ2n) is 8.69. The molecule has 0 aliphatic carbocycles. The summed E-state index contributed by atoms with van der Waals surface area (Å²) in [5.41, 5.74) is 9.76. The molecule has 4 heteroatoms. The van der Waals surface area contributed by atoms with Gasteiger partial charge in [0, 0.05) is 51.7 Å². The molecule has 0 atom stereocenters. The third-order valence-corrected chi connectivity index (χ3v) is 6.14. The summed E-state index contributed by atoms with van der Waals surface area (Å²) >= 11 is 0. The number of benzene rings is 4. The van der Waals surface area contributed by atoms with Crippen LogP contribution in [0.1, 0.15) is 11.1 Å². The van der Waals surface area contributed by atoms with Gasteiger partial charge in [0.25, 0.3) is 0 Å². The Hall–Kier alpha value is -3.56. The summed E-state index contributed by atoms with van der Waals surface area (Å²) < 4.78 is 0. The number of nitrogens with zero attached hydrogens (tertiary/aromatic N) is 2. The average Bonchev–Trinajstić information content (AvgIpc) is 3.18. The Kier molecular flexibility index (Phi) is 6.26. The number of fused-ring (bicyclic) bond motifs is 3. The summed E-state index contributed by atoms with van der Waals surface area (Å²) in [5.74, 6) is 0. The van der Waals surface area contributed by atoms with Crippen molar-refractivity contribution in [3.63, 3.8) is 0 Å². The zero-order valence-electron chi connectivity index (χ0n) is 19.4. The van der Waals surface area contributed by atoms with Crippen molar-refractivity contribution < 1.29 is 17.4 Å². The van der Waals surface area contributed by atoms with Crippen molar-refractivity contribution in [2.45, 2.75) is 0 Å². The van der Waals surface area contributed by atoms with Gasteiger partial charge in [-0.05, 0) is 64.4 Å². The van der Waals surface area contributed by atoms with Crippen LogP contribution >= 0.6 is 0 Å². The van der Waals surface area contributed by atoms with Gasteiger partial charge in [0.2, 0.25) is 11.0 Å². The van der Waals surface area contributed by atoms with Crippen LogP contribution in [0.15, 0.2) is 91.0 Å². The molecule has 5 rings (SSSR count). The van der Waals surface area contributed by atoms with E-state index < -0.39 is 0 Å². The van der Waals surface area contributed by atoms with Gasteiger partial charge in [0.1, 0.15) is 0 Å². The third-order valence-electron chi connectivity index (χ3n) is 6.14. The van der Waals surface area contributed by atoms with Gasteiger partial charge in [0.15, 0.2) is 0 Å². The molecule has 0 saturated carbocycles. The zero-order valence-corrected chi connectivity index (χ0v) is 20.2. The summed E-state index contributed by atoms with van der Waals surface area (Å²) in [6.45, 7) is 0. The highest BCUT2D eigenvalue weighted by atomic mass is 35.5. The predicted octanol–water partition coefficient (Wildman–Crippen LogP) is 0.0822. The lowest BCUT2D eigenvalue weighted by molar-refractivity contribution is -0.397. The van der Waals surface area contributed by atoms with Gasteiger partial charge < -0.3 is 22.2 Å². The SMILES string of the molecule is CN(C)c1ccc(C(c2ccc(N(C)C)cc2)=c2ccc3c(c2)-c2ccccc2[NH+]=3)cc1.[Cl-]. The zero-order chi connectivity index (χ0) is 22.2. The van der Waals surface area contributed by atoms with Crippen molar-refractivity contribution in [1.82, 2.24) is 0 Å². The first kappa shape index (κ1) is 22.6. The van der Waals surface area contributed by atoms with Crippen LogP contribution in [0.5, 0.6) is 0 Å². The molecular weight excluding hydrogens is 426 g/mol. The van der Waals surface area contributed by atoms with Gasteiger partial charge in [-0.2, -0.15) is 0 Å². The fourth-order valence-corrected chi connectivity index (χ4v) is 4.36. The first-order valence-corrected chi connectivity index (χ1v) is 10.9. The monoisotopic (exact) mass is 453 g/mol. The number of anilines is 2. The van der Waals surface area contributed by atoms with Crippen LogP contribution in [0.4, 0.5) is 17.1 Å². The van der Waals surface area contributed by atoms with Crippen LogP contribution in [0, 0.1) is 0 Å². The van der Waals surface area contributed by atoms with E-state index in [2.05, 4.69) is 134 Å². The molecule has 0 fully saturated rings. The Morgan fingerprint density at radius 3 is 1.70 bits per heavy atom. The highest BCUT2D eigenvalue weighted by Gasteiger charge is 2.19. The van der Waals surface area contributed by atoms with Gasteiger partial charge in [0.05, 0.1) is 11.1 Å². The van der Waals surface area contributed by atoms with Crippen molar-refractivity contribution in [3.8, 4) is 11.1 Å². The van der Waals surface area contributed by atoms with Gasteiger partial charge in [-0.3, -0.25) is 0 Å². The summed E-state index contributed by atoms with van der Waals surface area (Å²) in [6.07, 6.45) is 0. The standard InChI is InChI=1S/C29H27N3.ClH/c1-31(2)23-14-9-20(10-15-23)29(21-11-16-24(17-12-21)32(3)4)22-13-18-28-26(19-22)25-7-5-6-8-27(25)30-28;/h5-19H,1-4H3;1H. The van der Waals surface area contributed by atoms with Crippen LogP contribution < -0.4 is 37.8 Å². The third kappa shape index (κ3) is 4.24. The van der Waals surface area contributed by atoms with Gasteiger partial charge >= 0.3 is 0 Å². The van der Waals surface area contributed by atoms with E-state index in [4.69, 9.17) is 0 Å². The van der Waals surface area contributed by atoms with Crippen molar-refractivity contribution in [2.24, 2.45) is 0 Å². The number of rotatable bonds is 4. The van der Waals surface area contributed by atoms with Gasteiger partial charge in [-0.1, -0.05) is 36.4 Å². The summed E-state index contributed by atoms with van der Waals surface area (Å²) in [5, 5.41) is 2.39. The molecule has 0 unspecified atom stereocenters. The molecule has 166 valence electrons. The fourth-order valence-electron chi connectivity index (χ4n) is 4.36. The van der Waals surface area contributed by atoms with E-state index in [0.29, 0.717) is 0 Å². The average molecular weight is 454 g/mol. The highest BCUT2D eigenvalue weighted by molar-refractivity contribution is 5.82. The molecule has 33 heavy (non-hydrogen) atoms. The number of nitrogens with one attached hydrogen (secondary N) is 1. The minimum absolute atomic E-state index is 0. The smallest absolute Gasteiger partial charge is 0.212 e. The fraction of sp³-hybridized carbons (Fsp3) is 0.138. The van der Waals surface area contributed by atoms with Crippen LogP contribution in [0.25, 0.3) is 16.7 Å². The normalized spacial score (nSPS) is 11.0. The van der Waals surface area contributed by atoms with Crippen LogP contribution in [0.3, 0.4) is 0 Å². The predicted molar refractivity (Wildman–Crippen MR) is 134 cm³/mol. The maximum Gasteiger partial charge on any atom is 0.212 e. The topological polar surface area (TPSA) is 20.5 Å². The first-order valence-electron chi connectivity index (χ1n) is 10.9. The van der Waals surface area contributed by atoms with E-state index in [1.54, 1.807) is 0 Å². The second-order valence-corrected chi connectivity index (χ2v) is 8.69. The lowest BCUT2D eigenvalue weighted by Gasteiger charge is -2.16. The maximum atomic E-state index is 3.54. The molecule has 0 amide bonds. The Labute approximate surface area is 201 Å². The van der Waals surface area contributed by atoms with Crippen molar-refractivity contribution in [1.29, 1.82) is 0 Å². The number of para-hydroxylation sites is 1. The largest absolute Gasteiger partial charge is 1.00 e. The number of hydrogen-bond acceptors (Lipinski definition) is 2. The van der Waals surface area contributed by atoms with E-state index in [0.717, 1.165) is 0 Å². The first-order chi connectivity index (χ1) is 15.5. The van der Waals surface area contributed by atoms with Crippen LogP contribution in [-0.2, 0) is 0 Å². The van der Waals surface area contributed by atoms with Crippen LogP contribution in [0.2, 0.25) is 0 Å². The summed E-state index contributed by atoms with van der Waals surface area (Å²) in [4.78, 5) is 7.81. The van der Waals surface area contributed by atoms with Gasteiger partial charge in [-0.25, -0.2) is 4.99 Å². The molecule has 0 bridgehead atoms. The van der Waals surface area contributed by atoms with Crippen molar-refractivity contribution in [2.75, 3.05) is 38.0 Å². The Morgan fingerprint density at radius 2 is 1.15 bits per heavy atom. The van der Waals surface area contributed by atoms with E-state index in [-0.39, 0.29) is 12.4 Å². The summed E-state index contributed by atoms with van der Waals surface area (Å²) in [7, 11) is 8.30. The lowest BCUT2D eigenvalue weighted by Crippen LogP contribution is -3.00. The van der Waals surface area contributed by atoms with Crippen molar-refractivity contribution >= 4 is 22.6 Å². The molecule has 1 aliphatic heterocycles. The molecule has 0 aromatic heterocycles. The van der Waals surface area contributed by atoms with E-state index in [9.17, 15) is 0 Å². The molecular formula is C29H28ClN3. The molecule has 0 saturated heterocycles. The molecule has 1 N–H and O–H groups in total. The Balaban J connectivity index is 0.00000259. The lowest BCUT2D eigenvalue weighted by atomic mass is 9.93. The van der Waals surface area contributed by atoms with Crippen molar-refractivity contribution in [3.05, 3.63) is 113 Å². The molecule has 4 aromatic rings. The second kappa shape index (κ2) is 9.13. The van der Waals surface area contributed by atoms with Gasteiger partial charge in [-0.15, -0.1) is 0 Å². The molecule has 4 aromatic carbocycles. The molecule has 1 heterocycles. The maximum absolute atomic E-state index is 3.54. The van der Waals surface area contributed by atoms with E-state index >= 15 is 0 Å². The molecule has 0 radical (unpaired) electrons. The summed E-state index contributed by atoms with van der Waals surface area (Å²) in [6, 6.07) is 32.9. The number of halogens is 1. The Bertz CT molecular complexity index is 1350. The van der Waals surface area contributed by atoms with E-state index in [1.807, 2.05) is 0 Å².